The Hall–Kier alpha value is -1.65. The number of piperidine rings is 1. The van der Waals surface area contributed by atoms with E-state index < -0.39 is 5.97 Å². The fourth-order valence-corrected chi connectivity index (χ4v) is 2.17. The average molecular weight is 235 g/mol. The van der Waals surface area contributed by atoms with Crippen molar-refractivity contribution in [2.24, 2.45) is 16.1 Å². The first-order valence-corrected chi connectivity index (χ1v) is 5.89. The average Bonchev–Trinajstić information content (AvgIpc) is 2.54. The molecule has 0 saturated carbocycles. The van der Waals surface area contributed by atoms with Crippen LogP contribution in [0.3, 0.4) is 0 Å². The molecule has 17 heavy (non-hydrogen) atoms. The third-order valence-corrected chi connectivity index (χ3v) is 3.15. The van der Waals surface area contributed by atoms with Gasteiger partial charge in [-0.25, -0.2) is 0 Å². The van der Waals surface area contributed by atoms with E-state index in [9.17, 15) is 4.79 Å². The standard InChI is InChI=1S/C12H17N3O2/c1-9-4-5-11(7-13-14-9)15-6-2-3-10(8-15)12(16)17/h4-5,10H,2-3,6-8H2,1H3,(H,16,17). The maximum absolute atomic E-state index is 11.0. The molecule has 0 aromatic heterocycles. The lowest BCUT2D eigenvalue weighted by Crippen LogP contribution is -2.38. The molecule has 1 atom stereocenters. The second-order valence-corrected chi connectivity index (χ2v) is 4.49. The summed E-state index contributed by atoms with van der Waals surface area (Å²) in [4.78, 5) is 13.1. The van der Waals surface area contributed by atoms with Crippen molar-refractivity contribution >= 4 is 5.97 Å². The smallest absolute Gasteiger partial charge is 0.308 e. The highest BCUT2D eigenvalue weighted by Gasteiger charge is 2.26. The molecule has 0 aromatic carbocycles. The van der Waals surface area contributed by atoms with Crippen LogP contribution in [0.4, 0.5) is 0 Å². The molecule has 0 bridgehead atoms. The lowest BCUT2D eigenvalue weighted by molar-refractivity contribution is -0.143. The molecule has 1 saturated heterocycles. The highest BCUT2D eigenvalue weighted by Crippen LogP contribution is 2.21. The largest absolute Gasteiger partial charge is 0.481 e. The Morgan fingerprint density at radius 2 is 2.35 bits per heavy atom. The molecule has 92 valence electrons. The van der Waals surface area contributed by atoms with Gasteiger partial charge in [-0.2, -0.15) is 10.2 Å². The number of aliphatic carboxylic acids is 1. The highest BCUT2D eigenvalue weighted by molar-refractivity contribution is 5.70. The van der Waals surface area contributed by atoms with Crippen LogP contribution in [0, 0.1) is 5.92 Å². The molecule has 2 aliphatic heterocycles. The summed E-state index contributed by atoms with van der Waals surface area (Å²) in [5.41, 5.74) is 1.95. The van der Waals surface area contributed by atoms with Crippen LogP contribution in [0.25, 0.3) is 0 Å². The molecule has 0 spiro atoms. The number of likely N-dealkylation sites (tertiary alicyclic amines) is 1. The van der Waals surface area contributed by atoms with Gasteiger partial charge in [-0.05, 0) is 31.9 Å². The van der Waals surface area contributed by atoms with E-state index in [2.05, 4.69) is 15.1 Å². The third-order valence-electron chi connectivity index (χ3n) is 3.15. The summed E-state index contributed by atoms with van der Waals surface area (Å²) in [5.74, 6) is -0.952. The summed E-state index contributed by atoms with van der Waals surface area (Å²) in [6, 6.07) is 0. The fourth-order valence-electron chi connectivity index (χ4n) is 2.17. The first-order valence-electron chi connectivity index (χ1n) is 5.89. The van der Waals surface area contributed by atoms with Crippen LogP contribution in [0.5, 0.6) is 0 Å². The zero-order valence-electron chi connectivity index (χ0n) is 9.96. The molecular weight excluding hydrogens is 218 g/mol. The maximum atomic E-state index is 11.0. The van der Waals surface area contributed by atoms with Crippen LogP contribution in [0.15, 0.2) is 33.8 Å². The minimum Gasteiger partial charge on any atom is -0.481 e. The van der Waals surface area contributed by atoms with Gasteiger partial charge in [0.15, 0.2) is 0 Å². The summed E-state index contributed by atoms with van der Waals surface area (Å²) in [7, 11) is 0. The van der Waals surface area contributed by atoms with Gasteiger partial charge in [0.25, 0.3) is 0 Å². The number of carbonyl (C=O) groups is 1. The monoisotopic (exact) mass is 235 g/mol. The number of carboxylic acids is 1. The summed E-state index contributed by atoms with van der Waals surface area (Å²) >= 11 is 0. The molecule has 5 nitrogen and oxygen atoms in total. The Morgan fingerprint density at radius 3 is 3.12 bits per heavy atom. The van der Waals surface area contributed by atoms with Crippen molar-refractivity contribution in [3.63, 3.8) is 0 Å². The van der Waals surface area contributed by atoms with E-state index in [4.69, 9.17) is 5.11 Å². The zero-order chi connectivity index (χ0) is 12.3. The molecule has 0 radical (unpaired) electrons. The highest BCUT2D eigenvalue weighted by atomic mass is 16.4. The van der Waals surface area contributed by atoms with Gasteiger partial charge >= 0.3 is 5.97 Å². The molecule has 1 fully saturated rings. The molecule has 5 heteroatoms. The predicted octanol–water partition coefficient (Wildman–Crippen LogP) is 2.04. The lowest BCUT2D eigenvalue weighted by Gasteiger charge is -2.33. The first-order chi connectivity index (χ1) is 8.16. The molecule has 0 amide bonds. The van der Waals surface area contributed by atoms with Crippen molar-refractivity contribution in [2.75, 3.05) is 19.6 Å². The van der Waals surface area contributed by atoms with Gasteiger partial charge in [0.2, 0.25) is 0 Å². The molecule has 0 aromatic rings. The Labute approximate surface area is 101 Å². The third kappa shape index (κ3) is 2.93. The number of hydrogen-bond donors (Lipinski definition) is 1. The molecule has 2 aliphatic rings. The molecule has 2 rings (SSSR count). The number of allylic oxidation sites excluding steroid dienone is 3. The Morgan fingerprint density at radius 1 is 1.53 bits per heavy atom. The van der Waals surface area contributed by atoms with E-state index in [-0.39, 0.29) is 5.92 Å². The Kier molecular flexibility index (Phi) is 3.56. The maximum Gasteiger partial charge on any atom is 0.308 e. The molecule has 0 aliphatic carbocycles. The van der Waals surface area contributed by atoms with Crippen LogP contribution < -0.4 is 0 Å². The van der Waals surface area contributed by atoms with Crippen molar-refractivity contribution in [1.29, 1.82) is 0 Å². The Bertz CT molecular complexity index is 399. The van der Waals surface area contributed by atoms with Crippen LogP contribution in [-0.2, 0) is 4.79 Å². The Balaban J connectivity index is 2.07. The normalized spacial score (nSPS) is 25.0. The molecule has 1 N–H and O–H groups in total. The van der Waals surface area contributed by atoms with Crippen LogP contribution >= 0.6 is 0 Å². The van der Waals surface area contributed by atoms with Gasteiger partial charge in [-0.1, -0.05) is 0 Å². The summed E-state index contributed by atoms with van der Waals surface area (Å²) < 4.78 is 0. The van der Waals surface area contributed by atoms with Gasteiger partial charge in [-0.3, -0.25) is 4.79 Å². The predicted molar refractivity (Wildman–Crippen MR) is 63.5 cm³/mol. The lowest BCUT2D eigenvalue weighted by atomic mass is 9.98. The van der Waals surface area contributed by atoms with Gasteiger partial charge in [0, 0.05) is 18.8 Å². The quantitative estimate of drug-likeness (QED) is 0.796. The summed E-state index contributed by atoms with van der Waals surface area (Å²) in [5, 5.41) is 17.1. The number of azo groups is 1. The number of carboxylic acid groups (broad SMARTS) is 1. The van der Waals surface area contributed by atoms with Gasteiger partial charge in [0.1, 0.15) is 6.54 Å². The topological polar surface area (TPSA) is 65.3 Å². The second kappa shape index (κ2) is 5.12. The fraction of sp³-hybridized carbons (Fsp3) is 0.583. The second-order valence-electron chi connectivity index (χ2n) is 4.49. The van der Waals surface area contributed by atoms with Crippen molar-refractivity contribution in [1.82, 2.24) is 4.90 Å². The minimum atomic E-state index is -0.697. The van der Waals surface area contributed by atoms with Crippen molar-refractivity contribution < 1.29 is 9.90 Å². The zero-order valence-corrected chi connectivity index (χ0v) is 9.96. The molecule has 1 unspecified atom stereocenters. The number of nitrogens with zero attached hydrogens (tertiary/aromatic N) is 3. The van der Waals surface area contributed by atoms with E-state index in [1.807, 2.05) is 19.1 Å². The number of rotatable bonds is 2. The van der Waals surface area contributed by atoms with Crippen LogP contribution in [0.1, 0.15) is 19.8 Å². The van der Waals surface area contributed by atoms with E-state index >= 15 is 0 Å². The van der Waals surface area contributed by atoms with Crippen LogP contribution in [0.2, 0.25) is 0 Å². The van der Waals surface area contributed by atoms with Gasteiger partial charge in [-0.15, -0.1) is 0 Å². The van der Waals surface area contributed by atoms with Gasteiger partial charge < -0.3 is 10.0 Å². The summed E-state index contributed by atoms with van der Waals surface area (Å²) in [6.45, 7) is 3.95. The van der Waals surface area contributed by atoms with E-state index in [0.717, 1.165) is 30.8 Å². The SMILES string of the molecule is CC1=CC=C(N2CCCC(C(=O)O)C2)CN=N1. The van der Waals surface area contributed by atoms with Crippen molar-refractivity contribution in [3.8, 4) is 0 Å². The number of hydrogen-bond acceptors (Lipinski definition) is 4. The van der Waals surface area contributed by atoms with Gasteiger partial charge in [0.05, 0.1) is 11.6 Å². The van der Waals surface area contributed by atoms with Crippen molar-refractivity contribution in [2.45, 2.75) is 19.8 Å². The summed E-state index contributed by atoms with van der Waals surface area (Å²) in [6.07, 6.45) is 5.62. The van der Waals surface area contributed by atoms with Crippen LogP contribution in [-0.4, -0.2) is 35.6 Å². The molecule has 2 heterocycles. The van der Waals surface area contributed by atoms with E-state index in [1.165, 1.54) is 0 Å². The van der Waals surface area contributed by atoms with E-state index in [0.29, 0.717) is 13.1 Å². The van der Waals surface area contributed by atoms with E-state index in [1.54, 1.807) is 0 Å². The molecular formula is C12H17N3O2. The first kappa shape index (κ1) is 11.8. The minimum absolute atomic E-state index is 0.255. The van der Waals surface area contributed by atoms with Crippen molar-refractivity contribution in [3.05, 3.63) is 23.5 Å².